The van der Waals surface area contributed by atoms with Gasteiger partial charge in [-0.25, -0.2) is 9.97 Å². The van der Waals surface area contributed by atoms with Crippen LogP contribution in [0.2, 0.25) is 0 Å². The van der Waals surface area contributed by atoms with Crippen LogP contribution in [0.25, 0.3) is 5.65 Å². The van der Waals surface area contributed by atoms with Gasteiger partial charge in [0, 0.05) is 38.4 Å². The zero-order valence-corrected chi connectivity index (χ0v) is 18.1. The summed E-state index contributed by atoms with van der Waals surface area (Å²) in [6.45, 7) is 2.98. The molecule has 0 aromatic carbocycles. The van der Waals surface area contributed by atoms with Crippen molar-refractivity contribution in [1.82, 2.24) is 24.6 Å². The van der Waals surface area contributed by atoms with E-state index in [4.69, 9.17) is 14.5 Å². The van der Waals surface area contributed by atoms with E-state index < -0.39 is 0 Å². The molecule has 0 spiro atoms. The second kappa shape index (κ2) is 8.96. The molecule has 10 heteroatoms. The third-order valence-corrected chi connectivity index (χ3v) is 6.26. The molecule has 32 heavy (non-hydrogen) atoms. The van der Waals surface area contributed by atoms with Crippen molar-refractivity contribution in [3.63, 3.8) is 0 Å². The highest BCUT2D eigenvalue weighted by atomic mass is 16.5. The molecule has 0 amide bonds. The number of ether oxygens (including phenoxy) is 2. The molecule has 0 N–H and O–H groups in total. The number of fused-ring (bicyclic) bond motifs is 1. The molecule has 3 aromatic heterocycles. The summed E-state index contributed by atoms with van der Waals surface area (Å²) in [5, 5.41) is 13.7. The molecule has 1 saturated heterocycles. The van der Waals surface area contributed by atoms with Crippen LogP contribution in [0.5, 0.6) is 6.01 Å². The van der Waals surface area contributed by atoms with Crippen LogP contribution in [-0.4, -0.2) is 70.1 Å². The van der Waals surface area contributed by atoms with E-state index in [1.807, 2.05) is 19.2 Å². The Morgan fingerprint density at radius 2 is 2.00 bits per heavy atom. The van der Waals surface area contributed by atoms with Gasteiger partial charge < -0.3 is 19.3 Å². The van der Waals surface area contributed by atoms with Crippen LogP contribution >= 0.6 is 0 Å². The van der Waals surface area contributed by atoms with Crippen LogP contribution in [0, 0.1) is 11.3 Å². The minimum atomic E-state index is 0.0543. The Hall–Kier alpha value is -3.45. The zero-order chi connectivity index (χ0) is 21.9. The van der Waals surface area contributed by atoms with Gasteiger partial charge in [0.05, 0.1) is 18.8 Å². The van der Waals surface area contributed by atoms with Crippen molar-refractivity contribution >= 4 is 17.3 Å². The van der Waals surface area contributed by atoms with Gasteiger partial charge in [0.1, 0.15) is 30.1 Å². The average Bonchev–Trinajstić information content (AvgIpc) is 3.34. The van der Waals surface area contributed by atoms with Gasteiger partial charge in [0.15, 0.2) is 5.65 Å². The Labute approximate surface area is 186 Å². The predicted molar refractivity (Wildman–Crippen MR) is 118 cm³/mol. The highest BCUT2D eigenvalue weighted by Gasteiger charge is 2.28. The average molecular weight is 435 g/mol. The van der Waals surface area contributed by atoms with Gasteiger partial charge in [-0.05, 0) is 37.8 Å². The quantitative estimate of drug-likeness (QED) is 0.596. The highest BCUT2D eigenvalue weighted by molar-refractivity contribution is 5.54. The Bertz CT molecular complexity index is 1110. The van der Waals surface area contributed by atoms with E-state index in [0.29, 0.717) is 30.8 Å². The number of pyridine rings is 1. The lowest BCUT2D eigenvalue weighted by Gasteiger charge is -2.35. The maximum Gasteiger partial charge on any atom is 0.321 e. The monoisotopic (exact) mass is 434 g/mol. The highest BCUT2D eigenvalue weighted by Crippen LogP contribution is 2.29. The molecule has 2 fully saturated rings. The molecule has 4 heterocycles. The first-order chi connectivity index (χ1) is 15.7. The summed E-state index contributed by atoms with van der Waals surface area (Å²) in [6, 6.07) is 8.58. The second-order valence-electron chi connectivity index (χ2n) is 8.17. The topological polar surface area (TPSA) is 105 Å². The van der Waals surface area contributed by atoms with Gasteiger partial charge in [0.2, 0.25) is 0 Å². The Kier molecular flexibility index (Phi) is 5.73. The largest absolute Gasteiger partial charge is 0.460 e. The molecular formula is C22H26N8O2. The number of aromatic nitrogens is 5. The van der Waals surface area contributed by atoms with E-state index in [-0.39, 0.29) is 6.10 Å². The van der Waals surface area contributed by atoms with Crippen molar-refractivity contribution < 1.29 is 9.47 Å². The molecule has 0 bridgehead atoms. The number of nitriles is 1. The maximum absolute atomic E-state index is 9.39. The lowest BCUT2D eigenvalue weighted by Crippen LogP contribution is -2.39. The molecule has 1 aliphatic heterocycles. The fourth-order valence-corrected chi connectivity index (χ4v) is 4.46. The van der Waals surface area contributed by atoms with Crippen molar-refractivity contribution in [3.05, 3.63) is 36.3 Å². The normalized spacial score (nSPS) is 21.3. The van der Waals surface area contributed by atoms with Gasteiger partial charge in [-0.2, -0.15) is 19.9 Å². The number of anilines is 2. The predicted octanol–water partition coefficient (Wildman–Crippen LogP) is 2.05. The van der Waals surface area contributed by atoms with Crippen molar-refractivity contribution in [2.75, 3.05) is 43.2 Å². The first kappa shape index (κ1) is 20.5. The summed E-state index contributed by atoms with van der Waals surface area (Å²) in [4.78, 5) is 17.9. The second-order valence-corrected chi connectivity index (χ2v) is 8.17. The van der Waals surface area contributed by atoms with Crippen LogP contribution in [0.15, 0.2) is 30.7 Å². The van der Waals surface area contributed by atoms with Crippen LogP contribution in [0.1, 0.15) is 31.2 Å². The third-order valence-electron chi connectivity index (χ3n) is 6.26. The van der Waals surface area contributed by atoms with Crippen LogP contribution in [0.3, 0.4) is 0 Å². The molecular weight excluding hydrogens is 408 g/mol. The van der Waals surface area contributed by atoms with E-state index in [9.17, 15) is 5.26 Å². The van der Waals surface area contributed by atoms with Crippen LogP contribution in [-0.2, 0) is 4.74 Å². The number of hydrogen-bond acceptors (Lipinski definition) is 9. The molecule has 2 aliphatic rings. The molecule has 3 aromatic rings. The summed E-state index contributed by atoms with van der Waals surface area (Å²) in [5.74, 6) is 1.58. The number of morpholine rings is 1. The molecule has 166 valence electrons. The fourth-order valence-electron chi connectivity index (χ4n) is 4.46. The van der Waals surface area contributed by atoms with E-state index in [0.717, 1.165) is 56.1 Å². The number of hydrogen-bond donors (Lipinski definition) is 0. The summed E-state index contributed by atoms with van der Waals surface area (Å²) in [7, 11) is 2.02. The van der Waals surface area contributed by atoms with Gasteiger partial charge in [-0.15, -0.1) is 0 Å². The van der Waals surface area contributed by atoms with Gasteiger partial charge in [-0.3, -0.25) is 0 Å². The number of nitrogens with zero attached hydrogens (tertiary/aromatic N) is 8. The van der Waals surface area contributed by atoms with Gasteiger partial charge in [0.25, 0.3) is 0 Å². The van der Waals surface area contributed by atoms with E-state index in [1.165, 1.54) is 6.33 Å². The molecule has 0 unspecified atom stereocenters. The van der Waals surface area contributed by atoms with Crippen LogP contribution < -0.4 is 14.5 Å². The minimum absolute atomic E-state index is 0.0543. The van der Waals surface area contributed by atoms with Crippen molar-refractivity contribution in [3.8, 4) is 12.1 Å². The Balaban J connectivity index is 1.28. The first-order valence-electron chi connectivity index (χ1n) is 11.0. The molecule has 1 aliphatic carbocycles. The molecule has 1 saturated carbocycles. The smallest absolute Gasteiger partial charge is 0.321 e. The van der Waals surface area contributed by atoms with E-state index in [2.05, 4.69) is 30.9 Å². The SMILES string of the molecule is CN(c1ncccc1C#N)C1CCC(Oc2nc(N3CCOCC3)cc3ncnn23)CC1. The van der Waals surface area contributed by atoms with E-state index in [1.54, 1.807) is 16.8 Å². The summed E-state index contributed by atoms with van der Waals surface area (Å²) in [6.07, 6.45) is 7.00. The molecule has 0 atom stereocenters. The van der Waals surface area contributed by atoms with Gasteiger partial charge in [-0.1, -0.05) is 0 Å². The zero-order valence-electron chi connectivity index (χ0n) is 18.1. The Morgan fingerprint density at radius 1 is 1.19 bits per heavy atom. The van der Waals surface area contributed by atoms with Crippen molar-refractivity contribution in [1.29, 1.82) is 5.26 Å². The number of rotatable bonds is 5. The molecule has 5 rings (SSSR count). The third kappa shape index (κ3) is 4.03. The van der Waals surface area contributed by atoms with Crippen molar-refractivity contribution in [2.24, 2.45) is 0 Å². The maximum atomic E-state index is 9.39. The summed E-state index contributed by atoms with van der Waals surface area (Å²) < 4.78 is 13.5. The van der Waals surface area contributed by atoms with Crippen LogP contribution in [0.4, 0.5) is 11.6 Å². The van der Waals surface area contributed by atoms with Gasteiger partial charge >= 0.3 is 6.01 Å². The fraction of sp³-hybridized carbons (Fsp3) is 0.500. The van der Waals surface area contributed by atoms with Crippen molar-refractivity contribution in [2.45, 2.75) is 37.8 Å². The first-order valence-corrected chi connectivity index (χ1v) is 11.0. The lowest BCUT2D eigenvalue weighted by molar-refractivity contribution is 0.120. The Morgan fingerprint density at radius 3 is 2.78 bits per heavy atom. The molecule has 10 nitrogen and oxygen atoms in total. The molecule has 0 radical (unpaired) electrons. The summed E-state index contributed by atoms with van der Waals surface area (Å²) >= 11 is 0. The summed E-state index contributed by atoms with van der Waals surface area (Å²) in [5.41, 5.74) is 1.33. The standard InChI is InChI=1S/C22H26N8O2/c1-28(21-16(14-23)3-2-8-24-21)17-4-6-18(7-5-17)32-22-27-20(29-9-11-31-12-10-29)13-19-25-15-26-30(19)22/h2-3,8,13,15,17-18H,4-7,9-12H2,1H3. The van der Waals surface area contributed by atoms with E-state index >= 15 is 0 Å². The minimum Gasteiger partial charge on any atom is -0.460 e. The lowest BCUT2D eigenvalue weighted by atomic mass is 9.92.